The van der Waals surface area contributed by atoms with Crippen LogP contribution < -0.4 is 0 Å². The highest BCUT2D eigenvalue weighted by Gasteiger charge is 2.10. The summed E-state index contributed by atoms with van der Waals surface area (Å²) in [6.45, 7) is 0. The summed E-state index contributed by atoms with van der Waals surface area (Å²) in [6, 6.07) is 15.8. The highest BCUT2D eigenvalue weighted by molar-refractivity contribution is 5.94. The van der Waals surface area contributed by atoms with Gasteiger partial charge in [0.05, 0.1) is 19.8 Å². The molecule has 100 valence electrons. The zero-order valence-corrected chi connectivity index (χ0v) is 11.1. The van der Waals surface area contributed by atoms with Crippen LogP contribution >= 0.6 is 0 Å². The molecule has 0 aliphatic rings. The normalized spacial score (nSPS) is 10.7. The average Bonchev–Trinajstić information content (AvgIpc) is 2.91. The standard InChI is InChI=1S/C17H14O3/c1-19-17(18)10-12-7-8-16-14(9-12)15(11-20-16)13-5-3-2-4-6-13/h2-9,11H,10H2,1H3. The molecule has 1 aromatic heterocycles. The molecule has 3 aromatic rings. The third-order valence-corrected chi connectivity index (χ3v) is 3.30. The van der Waals surface area contributed by atoms with Crippen molar-refractivity contribution in [2.45, 2.75) is 6.42 Å². The molecule has 2 aromatic carbocycles. The van der Waals surface area contributed by atoms with Crippen molar-refractivity contribution in [3.8, 4) is 11.1 Å². The molecule has 0 aliphatic heterocycles. The highest BCUT2D eigenvalue weighted by atomic mass is 16.5. The van der Waals surface area contributed by atoms with Crippen LogP contribution in [-0.4, -0.2) is 13.1 Å². The largest absolute Gasteiger partial charge is 0.469 e. The zero-order valence-electron chi connectivity index (χ0n) is 11.1. The number of carbonyl (C=O) groups is 1. The SMILES string of the molecule is COC(=O)Cc1ccc2occ(-c3ccccc3)c2c1. The van der Waals surface area contributed by atoms with Crippen LogP contribution in [0, 0.1) is 0 Å². The van der Waals surface area contributed by atoms with E-state index in [-0.39, 0.29) is 12.4 Å². The monoisotopic (exact) mass is 266 g/mol. The third kappa shape index (κ3) is 2.30. The fourth-order valence-corrected chi connectivity index (χ4v) is 2.27. The van der Waals surface area contributed by atoms with Gasteiger partial charge in [-0.3, -0.25) is 4.79 Å². The molecule has 0 aliphatic carbocycles. The molecule has 1 heterocycles. The van der Waals surface area contributed by atoms with E-state index < -0.39 is 0 Å². The number of hydrogen-bond acceptors (Lipinski definition) is 3. The number of hydrogen-bond donors (Lipinski definition) is 0. The molecule has 0 fully saturated rings. The first-order valence-electron chi connectivity index (χ1n) is 6.40. The van der Waals surface area contributed by atoms with Gasteiger partial charge in [0.2, 0.25) is 0 Å². The number of rotatable bonds is 3. The lowest BCUT2D eigenvalue weighted by Gasteiger charge is -2.02. The lowest BCUT2D eigenvalue weighted by molar-refractivity contribution is -0.139. The Morgan fingerprint density at radius 1 is 1.15 bits per heavy atom. The van der Waals surface area contributed by atoms with Crippen molar-refractivity contribution in [3.05, 3.63) is 60.4 Å². The van der Waals surface area contributed by atoms with Gasteiger partial charge in [-0.15, -0.1) is 0 Å². The van der Waals surface area contributed by atoms with Gasteiger partial charge >= 0.3 is 5.97 Å². The van der Waals surface area contributed by atoms with E-state index in [1.807, 2.05) is 48.5 Å². The Bertz CT molecular complexity index is 741. The number of fused-ring (bicyclic) bond motifs is 1. The lowest BCUT2D eigenvalue weighted by atomic mass is 10.0. The first-order valence-corrected chi connectivity index (χ1v) is 6.40. The fraction of sp³-hybridized carbons (Fsp3) is 0.118. The van der Waals surface area contributed by atoms with Crippen LogP contribution in [0.5, 0.6) is 0 Å². The van der Waals surface area contributed by atoms with Crippen molar-refractivity contribution in [2.75, 3.05) is 7.11 Å². The smallest absolute Gasteiger partial charge is 0.309 e. The number of esters is 1. The van der Waals surface area contributed by atoms with E-state index in [0.717, 1.165) is 27.7 Å². The Balaban J connectivity index is 2.06. The van der Waals surface area contributed by atoms with Crippen LogP contribution in [-0.2, 0) is 16.0 Å². The predicted octanol–water partition coefficient (Wildman–Crippen LogP) is 3.82. The number of furan rings is 1. The van der Waals surface area contributed by atoms with Gasteiger partial charge in [0, 0.05) is 10.9 Å². The van der Waals surface area contributed by atoms with Gasteiger partial charge in [-0.1, -0.05) is 36.4 Å². The molecule has 0 N–H and O–H groups in total. The Labute approximate surface area is 116 Å². The summed E-state index contributed by atoms with van der Waals surface area (Å²) in [7, 11) is 1.40. The van der Waals surface area contributed by atoms with Gasteiger partial charge in [0.25, 0.3) is 0 Å². The molecule has 0 bridgehead atoms. The molecular formula is C17H14O3. The van der Waals surface area contributed by atoms with E-state index in [4.69, 9.17) is 9.15 Å². The van der Waals surface area contributed by atoms with Crippen LogP contribution in [0.2, 0.25) is 0 Å². The van der Waals surface area contributed by atoms with Crippen molar-refractivity contribution >= 4 is 16.9 Å². The number of methoxy groups -OCH3 is 1. The zero-order chi connectivity index (χ0) is 13.9. The van der Waals surface area contributed by atoms with Crippen LogP contribution in [0.4, 0.5) is 0 Å². The summed E-state index contributed by atoms with van der Waals surface area (Å²) < 4.78 is 10.3. The maximum atomic E-state index is 11.4. The number of carbonyl (C=O) groups excluding carboxylic acids is 1. The Kier molecular flexibility index (Phi) is 3.25. The van der Waals surface area contributed by atoms with Crippen molar-refractivity contribution in [1.29, 1.82) is 0 Å². The van der Waals surface area contributed by atoms with Gasteiger partial charge in [-0.05, 0) is 23.3 Å². The molecule has 3 nitrogen and oxygen atoms in total. The second kappa shape index (κ2) is 5.21. The number of ether oxygens (including phenoxy) is 1. The Morgan fingerprint density at radius 2 is 1.95 bits per heavy atom. The molecule has 3 rings (SSSR count). The van der Waals surface area contributed by atoms with Crippen molar-refractivity contribution in [1.82, 2.24) is 0 Å². The van der Waals surface area contributed by atoms with E-state index in [2.05, 4.69) is 0 Å². The summed E-state index contributed by atoms with van der Waals surface area (Å²) in [5.74, 6) is -0.242. The molecule has 0 saturated heterocycles. The van der Waals surface area contributed by atoms with E-state index in [9.17, 15) is 4.79 Å². The van der Waals surface area contributed by atoms with E-state index in [0.29, 0.717) is 0 Å². The molecule has 0 amide bonds. The third-order valence-electron chi connectivity index (χ3n) is 3.30. The first kappa shape index (κ1) is 12.5. The van der Waals surface area contributed by atoms with Gasteiger partial charge in [0.15, 0.2) is 0 Å². The molecule has 3 heteroatoms. The maximum Gasteiger partial charge on any atom is 0.309 e. The van der Waals surface area contributed by atoms with E-state index in [1.54, 1.807) is 6.26 Å². The van der Waals surface area contributed by atoms with E-state index in [1.165, 1.54) is 7.11 Å². The summed E-state index contributed by atoms with van der Waals surface area (Å²) in [6.07, 6.45) is 2.02. The van der Waals surface area contributed by atoms with Gasteiger partial charge in [-0.25, -0.2) is 0 Å². The van der Waals surface area contributed by atoms with E-state index >= 15 is 0 Å². The molecule has 0 atom stereocenters. The summed E-state index contributed by atoms with van der Waals surface area (Å²) in [4.78, 5) is 11.4. The predicted molar refractivity (Wildman–Crippen MR) is 77.4 cm³/mol. The van der Waals surface area contributed by atoms with Gasteiger partial charge < -0.3 is 9.15 Å². The second-order valence-electron chi connectivity index (χ2n) is 4.60. The van der Waals surface area contributed by atoms with Crippen molar-refractivity contribution in [3.63, 3.8) is 0 Å². The number of benzene rings is 2. The maximum absolute atomic E-state index is 11.4. The second-order valence-corrected chi connectivity index (χ2v) is 4.60. The van der Waals surface area contributed by atoms with Crippen molar-refractivity contribution in [2.24, 2.45) is 0 Å². The van der Waals surface area contributed by atoms with Crippen LogP contribution in [0.1, 0.15) is 5.56 Å². The molecular weight excluding hydrogens is 252 g/mol. The molecule has 0 spiro atoms. The molecule has 0 unspecified atom stereocenters. The topological polar surface area (TPSA) is 39.4 Å². The summed E-state index contributed by atoms with van der Waals surface area (Å²) in [5, 5.41) is 1.01. The minimum Gasteiger partial charge on any atom is -0.469 e. The lowest BCUT2D eigenvalue weighted by Crippen LogP contribution is -2.04. The minimum atomic E-state index is -0.242. The minimum absolute atomic E-state index is 0.242. The quantitative estimate of drug-likeness (QED) is 0.677. The molecule has 0 radical (unpaired) electrons. The summed E-state index contributed by atoms with van der Waals surface area (Å²) in [5.41, 5.74) is 3.87. The molecule has 20 heavy (non-hydrogen) atoms. The Hall–Kier alpha value is -2.55. The van der Waals surface area contributed by atoms with Crippen LogP contribution in [0.25, 0.3) is 22.1 Å². The van der Waals surface area contributed by atoms with Crippen molar-refractivity contribution < 1.29 is 13.9 Å². The Morgan fingerprint density at radius 3 is 2.70 bits per heavy atom. The van der Waals surface area contributed by atoms with Gasteiger partial charge in [-0.2, -0.15) is 0 Å². The van der Waals surface area contributed by atoms with Crippen LogP contribution in [0.15, 0.2) is 59.2 Å². The first-order chi connectivity index (χ1) is 9.78. The summed E-state index contributed by atoms with van der Waals surface area (Å²) >= 11 is 0. The average molecular weight is 266 g/mol. The van der Waals surface area contributed by atoms with Gasteiger partial charge in [0.1, 0.15) is 5.58 Å². The highest BCUT2D eigenvalue weighted by Crippen LogP contribution is 2.31. The fourth-order valence-electron chi connectivity index (χ4n) is 2.27. The van der Waals surface area contributed by atoms with Crippen LogP contribution in [0.3, 0.4) is 0 Å². The molecule has 0 saturated carbocycles.